The van der Waals surface area contributed by atoms with E-state index in [4.69, 9.17) is 4.74 Å². The molecule has 0 radical (unpaired) electrons. The highest BCUT2D eigenvalue weighted by Crippen LogP contribution is 2.30. The Bertz CT molecular complexity index is 608. The number of esters is 1. The standard InChI is InChI=1S/C13H17N3O6/c1-13(2,3)22-12(18)15(4)10-9(16(19)20)8(6-7-14-10)11(17)21-5/h6-7H,1-5H3. The molecule has 0 spiro atoms. The van der Waals surface area contributed by atoms with E-state index >= 15 is 0 Å². The quantitative estimate of drug-likeness (QED) is 0.477. The van der Waals surface area contributed by atoms with Gasteiger partial charge >= 0.3 is 17.7 Å². The van der Waals surface area contributed by atoms with E-state index in [9.17, 15) is 19.7 Å². The summed E-state index contributed by atoms with van der Waals surface area (Å²) in [5, 5.41) is 11.3. The lowest BCUT2D eigenvalue weighted by molar-refractivity contribution is -0.384. The molecule has 0 saturated carbocycles. The molecule has 0 unspecified atom stereocenters. The van der Waals surface area contributed by atoms with Gasteiger partial charge in [0, 0.05) is 13.2 Å². The molecule has 0 fully saturated rings. The summed E-state index contributed by atoms with van der Waals surface area (Å²) in [4.78, 5) is 38.8. The number of carbonyl (C=O) groups excluding carboxylic acids is 2. The van der Waals surface area contributed by atoms with E-state index in [1.165, 1.54) is 13.2 Å². The molecule has 22 heavy (non-hydrogen) atoms. The van der Waals surface area contributed by atoms with Gasteiger partial charge in [0.2, 0.25) is 5.82 Å². The zero-order chi connectivity index (χ0) is 17.1. The molecule has 0 aromatic carbocycles. The van der Waals surface area contributed by atoms with Gasteiger partial charge in [0.15, 0.2) is 0 Å². The Morgan fingerprint density at radius 2 is 1.95 bits per heavy atom. The molecule has 1 rings (SSSR count). The average Bonchev–Trinajstić information content (AvgIpc) is 2.42. The van der Waals surface area contributed by atoms with Gasteiger partial charge in [0.05, 0.1) is 12.0 Å². The Hall–Kier alpha value is -2.71. The lowest BCUT2D eigenvalue weighted by Gasteiger charge is -2.24. The van der Waals surface area contributed by atoms with Gasteiger partial charge in [-0.25, -0.2) is 14.6 Å². The van der Waals surface area contributed by atoms with Crippen LogP contribution in [-0.4, -0.2) is 41.7 Å². The van der Waals surface area contributed by atoms with E-state index in [0.29, 0.717) is 0 Å². The van der Waals surface area contributed by atoms with Crippen LogP contribution in [0.25, 0.3) is 0 Å². The molecule has 1 aromatic heterocycles. The number of ether oxygens (including phenoxy) is 2. The fourth-order valence-electron chi connectivity index (χ4n) is 1.56. The third-order valence-corrected chi connectivity index (χ3v) is 2.48. The van der Waals surface area contributed by atoms with Gasteiger partial charge in [-0.1, -0.05) is 0 Å². The highest BCUT2D eigenvalue weighted by atomic mass is 16.6. The van der Waals surface area contributed by atoms with Crippen molar-refractivity contribution in [2.24, 2.45) is 0 Å². The minimum atomic E-state index is -0.895. The Labute approximate surface area is 127 Å². The summed E-state index contributed by atoms with van der Waals surface area (Å²) in [6.45, 7) is 4.97. The maximum atomic E-state index is 12.0. The predicted octanol–water partition coefficient (Wildman–Crippen LogP) is 2.15. The molecule has 120 valence electrons. The van der Waals surface area contributed by atoms with Crippen LogP contribution in [0.4, 0.5) is 16.3 Å². The molecular formula is C13H17N3O6. The van der Waals surface area contributed by atoms with Crippen LogP contribution in [-0.2, 0) is 9.47 Å². The molecule has 0 aliphatic carbocycles. The van der Waals surface area contributed by atoms with Crippen molar-refractivity contribution in [2.45, 2.75) is 26.4 Å². The minimum absolute atomic E-state index is 0.298. The second-order valence-corrected chi connectivity index (χ2v) is 5.32. The molecule has 9 nitrogen and oxygen atoms in total. The second-order valence-electron chi connectivity index (χ2n) is 5.32. The smallest absolute Gasteiger partial charge is 0.415 e. The van der Waals surface area contributed by atoms with E-state index in [-0.39, 0.29) is 11.4 Å². The van der Waals surface area contributed by atoms with Gasteiger partial charge in [-0.2, -0.15) is 0 Å². The van der Waals surface area contributed by atoms with Crippen molar-refractivity contribution in [3.05, 3.63) is 27.9 Å². The number of carbonyl (C=O) groups is 2. The summed E-state index contributed by atoms with van der Waals surface area (Å²) in [6, 6.07) is 1.15. The summed E-state index contributed by atoms with van der Waals surface area (Å²) in [6.07, 6.45) is 0.347. The van der Waals surface area contributed by atoms with Crippen LogP contribution in [0.3, 0.4) is 0 Å². The first-order chi connectivity index (χ1) is 10.1. The summed E-state index contributed by atoms with van der Waals surface area (Å²) in [7, 11) is 2.37. The number of anilines is 1. The van der Waals surface area contributed by atoms with Gasteiger partial charge in [-0.15, -0.1) is 0 Å². The fraction of sp³-hybridized carbons (Fsp3) is 0.462. The number of rotatable bonds is 3. The summed E-state index contributed by atoms with van der Waals surface area (Å²) in [5.74, 6) is -1.20. The van der Waals surface area contributed by atoms with Crippen molar-refractivity contribution in [2.75, 3.05) is 19.1 Å². The van der Waals surface area contributed by atoms with Crippen molar-refractivity contribution >= 4 is 23.6 Å². The minimum Gasteiger partial charge on any atom is -0.465 e. The van der Waals surface area contributed by atoms with Crippen molar-refractivity contribution in [3.63, 3.8) is 0 Å². The van der Waals surface area contributed by atoms with E-state index < -0.39 is 28.3 Å². The van der Waals surface area contributed by atoms with Crippen molar-refractivity contribution < 1.29 is 24.0 Å². The van der Waals surface area contributed by atoms with Gasteiger partial charge in [0.25, 0.3) is 0 Å². The lowest BCUT2D eigenvalue weighted by Crippen LogP contribution is -2.35. The van der Waals surface area contributed by atoms with E-state index in [2.05, 4.69) is 9.72 Å². The lowest BCUT2D eigenvalue weighted by atomic mass is 10.2. The number of pyridine rings is 1. The van der Waals surface area contributed by atoms with E-state index in [1.807, 2.05) is 0 Å². The first-order valence-electron chi connectivity index (χ1n) is 6.27. The molecule has 0 N–H and O–H groups in total. The van der Waals surface area contributed by atoms with E-state index in [0.717, 1.165) is 18.1 Å². The average molecular weight is 311 g/mol. The number of methoxy groups -OCH3 is 1. The maximum absolute atomic E-state index is 12.0. The van der Waals surface area contributed by atoms with Crippen LogP contribution in [0.2, 0.25) is 0 Å². The number of hydrogen-bond donors (Lipinski definition) is 0. The summed E-state index contributed by atoms with van der Waals surface area (Å²) >= 11 is 0. The molecule has 0 saturated heterocycles. The van der Waals surface area contributed by atoms with Gasteiger partial charge in [-0.3, -0.25) is 15.0 Å². The van der Waals surface area contributed by atoms with Crippen LogP contribution in [0.1, 0.15) is 31.1 Å². The Kier molecular flexibility index (Phi) is 5.02. The maximum Gasteiger partial charge on any atom is 0.415 e. The Morgan fingerprint density at radius 3 is 2.41 bits per heavy atom. The molecule has 9 heteroatoms. The SMILES string of the molecule is COC(=O)c1ccnc(N(C)C(=O)OC(C)(C)C)c1[N+](=O)[O-]. The molecule has 1 amide bonds. The molecule has 0 aliphatic heterocycles. The number of aromatic nitrogens is 1. The second kappa shape index (κ2) is 6.37. The molecule has 0 aliphatic rings. The fourth-order valence-corrected chi connectivity index (χ4v) is 1.56. The number of nitrogens with zero attached hydrogens (tertiary/aromatic N) is 3. The van der Waals surface area contributed by atoms with Crippen molar-refractivity contribution in [1.29, 1.82) is 0 Å². The van der Waals surface area contributed by atoms with Gasteiger partial charge in [-0.05, 0) is 26.8 Å². The van der Waals surface area contributed by atoms with Crippen LogP contribution >= 0.6 is 0 Å². The summed E-state index contributed by atoms with van der Waals surface area (Å²) < 4.78 is 9.62. The van der Waals surface area contributed by atoms with Crippen molar-refractivity contribution in [1.82, 2.24) is 4.98 Å². The van der Waals surface area contributed by atoms with Gasteiger partial charge < -0.3 is 9.47 Å². The highest BCUT2D eigenvalue weighted by Gasteiger charge is 2.32. The van der Waals surface area contributed by atoms with Crippen LogP contribution in [0.5, 0.6) is 0 Å². The predicted molar refractivity (Wildman–Crippen MR) is 76.9 cm³/mol. The number of amides is 1. The van der Waals surface area contributed by atoms with E-state index in [1.54, 1.807) is 20.8 Å². The van der Waals surface area contributed by atoms with Gasteiger partial charge in [0.1, 0.15) is 11.2 Å². The highest BCUT2D eigenvalue weighted by molar-refractivity contribution is 5.98. The molecular weight excluding hydrogens is 294 g/mol. The summed E-state index contributed by atoms with van der Waals surface area (Å²) in [5.41, 5.74) is -1.70. The molecule has 1 aromatic rings. The monoisotopic (exact) mass is 311 g/mol. The normalized spacial score (nSPS) is 10.8. The molecule has 1 heterocycles. The number of hydrogen-bond acceptors (Lipinski definition) is 7. The molecule has 0 atom stereocenters. The first-order valence-corrected chi connectivity index (χ1v) is 6.27. The first kappa shape index (κ1) is 17.3. The largest absolute Gasteiger partial charge is 0.465 e. The Balaban J connectivity index is 3.32. The zero-order valence-electron chi connectivity index (χ0n) is 12.9. The van der Waals surface area contributed by atoms with Crippen LogP contribution in [0.15, 0.2) is 12.3 Å². The zero-order valence-corrected chi connectivity index (χ0v) is 12.9. The van der Waals surface area contributed by atoms with Crippen molar-refractivity contribution in [3.8, 4) is 0 Å². The third kappa shape index (κ3) is 3.90. The topological polar surface area (TPSA) is 112 Å². The third-order valence-electron chi connectivity index (χ3n) is 2.48. The number of nitro groups is 1. The van der Waals surface area contributed by atoms with Crippen LogP contribution < -0.4 is 4.90 Å². The van der Waals surface area contributed by atoms with Crippen LogP contribution in [0, 0.1) is 10.1 Å². The Morgan fingerprint density at radius 1 is 1.36 bits per heavy atom. The molecule has 0 bridgehead atoms.